The van der Waals surface area contributed by atoms with Crippen LogP contribution in [0.25, 0.3) is 75.8 Å². The van der Waals surface area contributed by atoms with Gasteiger partial charge in [-0.15, -0.1) is 0 Å². The number of nitrogens with one attached hydrogen (secondary N) is 2. The third kappa shape index (κ3) is 4.90. The van der Waals surface area contributed by atoms with Gasteiger partial charge in [0.1, 0.15) is 18.2 Å². The van der Waals surface area contributed by atoms with E-state index in [1.807, 2.05) is 0 Å². The summed E-state index contributed by atoms with van der Waals surface area (Å²) in [7, 11) is 0. The maximum absolute atomic E-state index is 5.67. The predicted octanol–water partition coefficient (Wildman–Crippen LogP) is 12.6. The number of amidine groups is 1. The van der Waals surface area contributed by atoms with E-state index in [1.54, 1.807) is 0 Å². The zero-order valence-corrected chi connectivity index (χ0v) is 29.5. The Balaban J connectivity index is 1.22. The van der Waals surface area contributed by atoms with E-state index in [1.165, 1.54) is 81.3 Å². The van der Waals surface area contributed by atoms with Crippen molar-refractivity contribution in [1.29, 1.82) is 0 Å². The van der Waals surface area contributed by atoms with Crippen LogP contribution < -0.4 is 10.6 Å². The minimum absolute atomic E-state index is 0.268. The van der Waals surface area contributed by atoms with Crippen LogP contribution >= 0.6 is 0 Å². The molecule has 0 aromatic heterocycles. The van der Waals surface area contributed by atoms with Crippen molar-refractivity contribution in [1.82, 2.24) is 10.6 Å². The molecule has 10 aromatic rings. The molecule has 1 heterocycles. The summed E-state index contributed by atoms with van der Waals surface area (Å²) in [5.41, 5.74) is 5.82. The van der Waals surface area contributed by atoms with Gasteiger partial charge in [0.2, 0.25) is 0 Å². The summed E-state index contributed by atoms with van der Waals surface area (Å²) in [5.74, 6) is 0.880. The number of benzene rings is 10. The highest BCUT2D eigenvalue weighted by molar-refractivity contribution is 6.24. The van der Waals surface area contributed by atoms with Crippen LogP contribution in [0.5, 0.6) is 0 Å². The normalized spacial score (nSPS) is 16.0. The molecule has 10 aromatic carbocycles. The van der Waals surface area contributed by atoms with Gasteiger partial charge in [-0.2, -0.15) is 0 Å². The first-order valence-electron chi connectivity index (χ1n) is 18.7. The molecule has 0 saturated heterocycles. The van der Waals surface area contributed by atoms with Crippen molar-refractivity contribution in [2.45, 2.75) is 12.3 Å². The largest absolute Gasteiger partial charge is 0.350 e. The van der Waals surface area contributed by atoms with E-state index in [2.05, 4.69) is 199 Å². The number of hydrogen-bond acceptors (Lipinski definition) is 3. The third-order valence-corrected chi connectivity index (χ3v) is 11.3. The van der Waals surface area contributed by atoms with Crippen molar-refractivity contribution < 1.29 is 0 Å². The molecule has 0 bridgehead atoms. The van der Waals surface area contributed by atoms with Gasteiger partial charge < -0.3 is 5.32 Å². The minimum atomic E-state index is -0.341. The highest BCUT2D eigenvalue weighted by Crippen LogP contribution is 2.41. The number of rotatable bonds is 4. The Bertz CT molecular complexity index is 3130. The molecule has 3 heteroatoms. The molecule has 11 rings (SSSR count). The molecule has 2 N–H and O–H groups in total. The van der Waals surface area contributed by atoms with Crippen molar-refractivity contribution in [3.05, 3.63) is 205 Å². The van der Waals surface area contributed by atoms with E-state index >= 15 is 0 Å². The van der Waals surface area contributed by atoms with Crippen LogP contribution in [0.2, 0.25) is 0 Å². The molecule has 0 spiro atoms. The first-order chi connectivity index (χ1) is 26.8. The lowest BCUT2D eigenvalue weighted by Gasteiger charge is -2.35. The molecular weight excluding hydrogens is 655 g/mol. The van der Waals surface area contributed by atoms with Crippen molar-refractivity contribution in [2.24, 2.45) is 4.99 Å². The van der Waals surface area contributed by atoms with Crippen LogP contribution in [0.1, 0.15) is 29.0 Å². The highest BCUT2D eigenvalue weighted by atomic mass is 15.3. The molecule has 2 unspecified atom stereocenters. The summed E-state index contributed by atoms with van der Waals surface area (Å²) < 4.78 is 0. The molecule has 3 nitrogen and oxygen atoms in total. The lowest BCUT2D eigenvalue weighted by Crippen LogP contribution is -2.45. The van der Waals surface area contributed by atoms with Gasteiger partial charge in [0.25, 0.3) is 0 Å². The highest BCUT2D eigenvalue weighted by Gasteiger charge is 2.31. The average Bonchev–Trinajstić information content (AvgIpc) is 3.24. The van der Waals surface area contributed by atoms with Gasteiger partial charge in [0.15, 0.2) is 0 Å². The zero-order chi connectivity index (χ0) is 35.6. The van der Waals surface area contributed by atoms with Crippen LogP contribution in [-0.4, -0.2) is 5.84 Å². The first kappa shape index (κ1) is 30.8. The topological polar surface area (TPSA) is 36.4 Å². The summed E-state index contributed by atoms with van der Waals surface area (Å²) >= 11 is 0. The van der Waals surface area contributed by atoms with E-state index in [4.69, 9.17) is 4.99 Å². The smallest absolute Gasteiger partial charge is 0.133 e. The number of nitrogens with zero attached hydrogens (tertiary/aromatic N) is 1. The third-order valence-electron chi connectivity index (χ3n) is 11.3. The molecule has 254 valence electrons. The van der Waals surface area contributed by atoms with Gasteiger partial charge in [-0.1, -0.05) is 176 Å². The van der Waals surface area contributed by atoms with Gasteiger partial charge in [-0.3, -0.25) is 5.32 Å². The van der Waals surface area contributed by atoms with E-state index in [9.17, 15) is 0 Å². The standard InChI is InChI=1S/C51H35N3/c1-2-14-32(15-3-1)37-20-12-13-25-44(37)49-52-50(47-40-23-10-6-18-35(40)30-45-38-21-8-4-16-33(38)26-28-42(45)47)54-51(53-49)48-41-24-11-7-19-36(41)31-46-39-22-9-5-17-34(39)27-29-43(46)48/h1-31,49-50,52H,(H,53,54). The molecular formula is C51H35N3. The minimum Gasteiger partial charge on any atom is -0.350 e. The summed E-state index contributed by atoms with van der Waals surface area (Å²) in [4.78, 5) is 5.67. The Morgan fingerprint density at radius 2 is 0.926 bits per heavy atom. The van der Waals surface area contributed by atoms with Crippen molar-refractivity contribution in [3.8, 4) is 11.1 Å². The summed E-state index contributed by atoms with van der Waals surface area (Å²) in [6.07, 6.45) is -0.609. The molecule has 0 fully saturated rings. The van der Waals surface area contributed by atoms with Crippen LogP contribution in [0.4, 0.5) is 0 Å². The van der Waals surface area contributed by atoms with Crippen LogP contribution in [-0.2, 0) is 0 Å². The number of aliphatic imine (C=N–C) groups is 1. The predicted molar refractivity (Wildman–Crippen MR) is 228 cm³/mol. The Morgan fingerprint density at radius 1 is 0.389 bits per heavy atom. The molecule has 0 radical (unpaired) electrons. The fourth-order valence-electron chi connectivity index (χ4n) is 8.85. The SMILES string of the molecule is c1ccc(-c2ccccc2C2N=C(c3c4ccccc4cc4c3ccc3ccccc34)NC(c3c4ccccc4cc4c3ccc3ccccc34)N2)cc1. The van der Waals surface area contributed by atoms with Crippen molar-refractivity contribution in [3.63, 3.8) is 0 Å². The van der Waals surface area contributed by atoms with Gasteiger partial charge in [-0.25, -0.2) is 4.99 Å². The monoisotopic (exact) mass is 689 g/mol. The van der Waals surface area contributed by atoms with Crippen molar-refractivity contribution in [2.75, 3.05) is 0 Å². The van der Waals surface area contributed by atoms with Crippen LogP contribution in [0.15, 0.2) is 193 Å². The zero-order valence-electron chi connectivity index (χ0n) is 29.5. The van der Waals surface area contributed by atoms with Gasteiger partial charge in [0, 0.05) is 11.1 Å². The summed E-state index contributed by atoms with van der Waals surface area (Å²) in [6, 6.07) is 68.2. The second-order valence-electron chi connectivity index (χ2n) is 14.3. The lowest BCUT2D eigenvalue weighted by molar-refractivity contribution is 0.414. The van der Waals surface area contributed by atoms with E-state index < -0.39 is 0 Å². The summed E-state index contributed by atoms with van der Waals surface area (Å²) in [5, 5.41) is 22.8. The van der Waals surface area contributed by atoms with Crippen molar-refractivity contribution >= 4 is 70.5 Å². The fourth-order valence-corrected chi connectivity index (χ4v) is 8.85. The number of fused-ring (bicyclic) bond motifs is 8. The van der Waals surface area contributed by atoms with Gasteiger partial charge in [-0.05, 0) is 93.5 Å². The molecule has 0 aliphatic carbocycles. The van der Waals surface area contributed by atoms with Crippen LogP contribution in [0.3, 0.4) is 0 Å². The maximum Gasteiger partial charge on any atom is 0.133 e. The van der Waals surface area contributed by atoms with E-state index in [-0.39, 0.29) is 12.3 Å². The Labute approximate surface area is 313 Å². The fraction of sp³-hybridized carbons (Fsp3) is 0.0392. The molecule has 54 heavy (non-hydrogen) atoms. The average molecular weight is 690 g/mol. The maximum atomic E-state index is 5.67. The Hall–Kier alpha value is -6.81. The van der Waals surface area contributed by atoms with Gasteiger partial charge >= 0.3 is 0 Å². The molecule has 0 saturated carbocycles. The van der Waals surface area contributed by atoms with E-state index in [0.717, 1.165) is 17.0 Å². The van der Waals surface area contributed by atoms with Gasteiger partial charge in [0.05, 0.1) is 0 Å². The number of hydrogen-bond donors (Lipinski definition) is 2. The second-order valence-corrected chi connectivity index (χ2v) is 14.3. The Kier molecular flexibility index (Phi) is 7.07. The van der Waals surface area contributed by atoms with E-state index in [0.29, 0.717) is 0 Å². The van der Waals surface area contributed by atoms with Crippen LogP contribution in [0, 0.1) is 0 Å². The summed E-state index contributed by atoms with van der Waals surface area (Å²) in [6.45, 7) is 0. The molecule has 2 atom stereocenters. The lowest BCUT2D eigenvalue weighted by atomic mass is 9.90. The molecule has 0 amide bonds. The molecule has 1 aliphatic heterocycles. The first-order valence-corrected chi connectivity index (χ1v) is 18.7. The second kappa shape index (κ2) is 12.4. The quantitative estimate of drug-likeness (QED) is 0.143. The molecule has 1 aliphatic rings. The Morgan fingerprint density at radius 3 is 1.65 bits per heavy atom.